The molecule has 0 bridgehead atoms. The zero-order chi connectivity index (χ0) is 11.6. The quantitative estimate of drug-likeness (QED) is 0.837. The van der Waals surface area contributed by atoms with E-state index in [-0.39, 0.29) is 5.54 Å². The second-order valence-corrected chi connectivity index (χ2v) is 5.65. The predicted molar refractivity (Wildman–Crippen MR) is 73.7 cm³/mol. The Kier molecular flexibility index (Phi) is 3.63. The van der Waals surface area contributed by atoms with Crippen molar-refractivity contribution in [3.05, 3.63) is 16.1 Å². The Balaban J connectivity index is 2.07. The van der Waals surface area contributed by atoms with Gasteiger partial charge in [-0.2, -0.15) is 0 Å². The van der Waals surface area contributed by atoms with Crippen molar-refractivity contribution in [3.63, 3.8) is 0 Å². The Morgan fingerprint density at radius 2 is 2.12 bits per heavy atom. The van der Waals surface area contributed by atoms with E-state index in [1.165, 1.54) is 0 Å². The number of aromatic nitrogens is 2. The van der Waals surface area contributed by atoms with E-state index >= 15 is 0 Å². The minimum absolute atomic E-state index is 0.287. The number of nitrogens with zero attached hydrogens (tertiary/aromatic N) is 3. The monoisotopic (exact) mass is 332 g/mol. The Labute approximate surface area is 110 Å². The highest BCUT2D eigenvalue weighted by atomic mass is 127. The summed E-state index contributed by atoms with van der Waals surface area (Å²) in [5.74, 6) is 1.08. The van der Waals surface area contributed by atoms with Crippen molar-refractivity contribution in [1.29, 1.82) is 0 Å². The molecule has 0 amide bonds. The highest BCUT2D eigenvalue weighted by Gasteiger charge is 2.29. The van der Waals surface area contributed by atoms with Crippen molar-refractivity contribution >= 4 is 28.4 Å². The molecule has 4 nitrogen and oxygen atoms in total. The van der Waals surface area contributed by atoms with Crippen LogP contribution in [0.25, 0.3) is 0 Å². The summed E-state index contributed by atoms with van der Waals surface area (Å²) in [7, 11) is 2.05. The molecule has 5 heteroatoms. The molecule has 16 heavy (non-hydrogen) atoms. The first-order valence-electron chi connectivity index (χ1n) is 5.54. The maximum absolute atomic E-state index is 4.36. The first-order valence-corrected chi connectivity index (χ1v) is 6.62. The van der Waals surface area contributed by atoms with Gasteiger partial charge in [-0.1, -0.05) is 0 Å². The largest absolute Gasteiger partial charge is 0.356 e. The molecule has 0 unspecified atom stereocenters. The van der Waals surface area contributed by atoms with Crippen LogP contribution >= 0.6 is 22.6 Å². The summed E-state index contributed by atoms with van der Waals surface area (Å²) in [5, 5.41) is 3.41. The number of hydrogen-bond donors (Lipinski definition) is 1. The van der Waals surface area contributed by atoms with Crippen LogP contribution < -0.4 is 10.2 Å². The molecule has 1 aromatic rings. The SMILES string of the molecule is CNC1(C)CCN(c2ncncc2I)CC1. The predicted octanol–water partition coefficient (Wildman–Crippen LogP) is 1.66. The molecular weight excluding hydrogens is 315 g/mol. The average Bonchev–Trinajstić information content (AvgIpc) is 2.31. The molecular formula is C11H17IN4. The van der Waals surface area contributed by atoms with Gasteiger partial charge in [0, 0.05) is 24.8 Å². The number of nitrogens with one attached hydrogen (secondary N) is 1. The molecule has 1 fully saturated rings. The van der Waals surface area contributed by atoms with Gasteiger partial charge in [-0.3, -0.25) is 0 Å². The third-order valence-electron chi connectivity index (χ3n) is 3.42. The molecule has 88 valence electrons. The molecule has 1 aromatic heterocycles. The van der Waals surface area contributed by atoms with E-state index in [2.05, 4.69) is 49.7 Å². The Bertz CT molecular complexity index is 361. The molecule has 2 rings (SSSR count). The van der Waals surface area contributed by atoms with Gasteiger partial charge in [0.25, 0.3) is 0 Å². The maximum Gasteiger partial charge on any atom is 0.145 e. The molecule has 0 radical (unpaired) electrons. The lowest BCUT2D eigenvalue weighted by molar-refractivity contribution is 0.304. The highest BCUT2D eigenvalue weighted by molar-refractivity contribution is 14.1. The van der Waals surface area contributed by atoms with E-state index in [0.717, 1.165) is 35.3 Å². The van der Waals surface area contributed by atoms with Crippen LogP contribution in [0.15, 0.2) is 12.5 Å². The Morgan fingerprint density at radius 1 is 1.44 bits per heavy atom. The average molecular weight is 332 g/mol. The number of anilines is 1. The van der Waals surface area contributed by atoms with Gasteiger partial charge in [0.1, 0.15) is 12.1 Å². The van der Waals surface area contributed by atoms with E-state index in [0.29, 0.717) is 0 Å². The van der Waals surface area contributed by atoms with E-state index in [1.807, 2.05) is 13.2 Å². The summed E-state index contributed by atoms with van der Waals surface area (Å²) in [4.78, 5) is 10.7. The van der Waals surface area contributed by atoms with Crippen molar-refractivity contribution in [2.75, 3.05) is 25.0 Å². The van der Waals surface area contributed by atoms with E-state index in [4.69, 9.17) is 0 Å². The van der Waals surface area contributed by atoms with Gasteiger partial charge in [-0.15, -0.1) is 0 Å². The Morgan fingerprint density at radius 3 is 2.69 bits per heavy atom. The third-order valence-corrected chi connectivity index (χ3v) is 4.18. The van der Waals surface area contributed by atoms with Gasteiger partial charge >= 0.3 is 0 Å². The zero-order valence-electron chi connectivity index (χ0n) is 9.70. The lowest BCUT2D eigenvalue weighted by Crippen LogP contribution is -2.50. The normalized spacial score (nSPS) is 19.8. The second kappa shape index (κ2) is 4.83. The molecule has 0 aromatic carbocycles. The second-order valence-electron chi connectivity index (χ2n) is 4.49. The number of halogens is 1. The molecule has 1 saturated heterocycles. The summed E-state index contributed by atoms with van der Waals surface area (Å²) in [6.45, 7) is 4.41. The molecule has 2 heterocycles. The molecule has 1 N–H and O–H groups in total. The van der Waals surface area contributed by atoms with Gasteiger partial charge < -0.3 is 10.2 Å². The van der Waals surface area contributed by atoms with Crippen molar-refractivity contribution in [3.8, 4) is 0 Å². The van der Waals surface area contributed by atoms with Crippen molar-refractivity contribution in [2.24, 2.45) is 0 Å². The van der Waals surface area contributed by atoms with Crippen LogP contribution in [0.3, 0.4) is 0 Å². The minimum Gasteiger partial charge on any atom is -0.356 e. The van der Waals surface area contributed by atoms with Crippen LogP contribution in [0.5, 0.6) is 0 Å². The third kappa shape index (κ3) is 2.45. The van der Waals surface area contributed by atoms with E-state index < -0.39 is 0 Å². The van der Waals surface area contributed by atoms with Gasteiger partial charge in [0.05, 0.1) is 3.57 Å². The molecule has 0 atom stereocenters. The van der Waals surface area contributed by atoms with Crippen molar-refractivity contribution in [1.82, 2.24) is 15.3 Å². The molecule has 0 spiro atoms. The molecule has 1 aliphatic rings. The number of piperidine rings is 1. The van der Waals surface area contributed by atoms with Gasteiger partial charge in [0.15, 0.2) is 0 Å². The van der Waals surface area contributed by atoms with Gasteiger partial charge in [0.2, 0.25) is 0 Å². The van der Waals surface area contributed by atoms with Gasteiger partial charge in [-0.05, 0) is 49.4 Å². The van der Waals surface area contributed by atoms with Crippen molar-refractivity contribution in [2.45, 2.75) is 25.3 Å². The van der Waals surface area contributed by atoms with Crippen LogP contribution in [0.4, 0.5) is 5.82 Å². The fourth-order valence-corrected chi connectivity index (χ4v) is 2.64. The van der Waals surface area contributed by atoms with Crippen LogP contribution in [0, 0.1) is 3.57 Å². The first-order chi connectivity index (χ1) is 7.64. The van der Waals surface area contributed by atoms with Crippen LogP contribution in [0.1, 0.15) is 19.8 Å². The Hall–Kier alpha value is -0.430. The van der Waals surface area contributed by atoms with E-state index in [9.17, 15) is 0 Å². The van der Waals surface area contributed by atoms with E-state index in [1.54, 1.807) is 6.33 Å². The minimum atomic E-state index is 0.287. The fourth-order valence-electron chi connectivity index (χ4n) is 2.00. The summed E-state index contributed by atoms with van der Waals surface area (Å²) in [6, 6.07) is 0. The zero-order valence-corrected chi connectivity index (χ0v) is 11.9. The standard InChI is InChI=1S/C11H17IN4/c1-11(13-2)3-5-16(6-4-11)10-9(12)7-14-8-15-10/h7-8,13H,3-6H2,1-2H3. The molecule has 1 aliphatic heterocycles. The van der Waals surface area contributed by atoms with Crippen LogP contribution in [-0.4, -0.2) is 35.6 Å². The molecule has 0 aliphatic carbocycles. The molecule has 0 saturated carbocycles. The van der Waals surface area contributed by atoms with Crippen LogP contribution in [-0.2, 0) is 0 Å². The summed E-state index contributed by atoms with van der Waals surface area (Å²) in [5.41, 5.74) is 0.287. The van der Waals surface area contributed by atoms with Crippen molar-refractivity contribution < 1.29 is 0 Å². The lowest BCUT2D eigenvalue weighted by Gasteiger charge is -2.40. The lowest BCUT2D eigenvalue weighted by atomic mass is 9.90. The van der Waals surface area contributed by atoms with Gasteiger partial charge in [-0.25, -0.2) is 9.97 Å². The summed E-state index contributed by atoms with van der Waals surface area (Å²) < 4.78 is 1.13. The summed E-state index contributed by atoms with van der Waals surface area (Å²) in [6.07, 6.45) is 5.81. The number of hydrogen-bond acceptors (Lipinski definition) is 4. The number of rotatable bonds is 2. The fraction of sp³-hybridized carbons (Fsp3) is 0.636. The highest BCUT2D eigenvalue weighted by Crippen LogP contribution is 2.26. The first kappa shape index (κ1) is 12.0. The topological polar surface area (TPSA) is 41.0 Å². The van der Waals surface area contributed by atoms with Crippen LogP contribution in [0.2, 0.25) is 0 Å². The smallest absolute Gasteiger partial charge is 0.145 e. The maximum atomic E-state index is 4.36. The summed E-state index contributed by atoms with van der Waals surface area (Å²) >= 11 is 2.30.